The van der Waals surface area contributed by atoms with Crippen molar-refractivity contribution in [1.82, 2.24) is 10.2 Å². The molecule has 0 fully saturated rings. The number of nitrogens with one attached hydrogen (secondary N) is 2. The van der Waals surface area contributed by atoms with E-state index in [0.717, 1.165) is 17.0 Å². The first-order valence-corrected chi connectivity index (χ1v) is 9.61. The molecule has 0 heterocycles. The maximum absolute atomic E-state index is 5.57. The monoisotopic (exact) mass is 400 g/mol. The average molecular weight is 401 g/mol. The van der Waals surface area contributed by atoms with Gasteiger partial charge < -0.3 is 29.7 Å². The quantitative estimate of drug-likeness (QED) is 0.497. The zero-order valence-electron chi connectivity index (χ0n) is 18.2. The van der Waals surface area contributed by atoms with Crippen molar-refractivity contribution < 1.29 is 14.2 Å². The van der Waals surface area contributed by atoms with Gasteiger partial charge in [0, 0.05) is 30.9 Å². The molecule has 2 aromatic carbocycles. The largest absolute Gasteiger partial charge is 0.496 e. The molecule has 158 valence electrons. The number of guanidine groups is 1. The molecular weight excluding hydrogens is 368 g/mol. The van der Waals surface area contributed by atoms with Crippen LogP contribution in [-0.4, -0.2) is 59.4 Å². The fraction of sp³-hybridized carbons (Fsp3) is 0.409. The summed E-state index contributed by atoms with van der Waals surface area (Å²) in [6, 6.07) is 13.9. The highest BCUT2D eigenvalue weighted by Crippen LogP contribution is 2.30. The predicted octanol–water partition coefficient (Wildman–Crippen LogP) is 3.39. The van der Waals surface area contributed by atoms with E-state index in [1.807, 2.05) is 57.4 Å². The minimum absolute atomic E-state index is 0.111. The third-order valence-electron chi connectivity index (χ3n) is 4.53. The number of anilines is 1. The van der Waals surface area contributed by atoms with Crippen molar-refractivity contribution in [2.45, 2.75) is 13.0 Å². The maximum Gasteiger partial charge on any atom is 0.195 e. The second kappa shape index (κ2) is 11.2. The third-order valence-corrected chi connectivity index (χ3v) is 4.53. The number of hydrogen-bond donors (Lipinski definition) is 2. The van der Waals surface area contributed by atoms with Gasteiger partial charge in [-0.2, -0.15) is 0 Å². The van der Waals surface area contributed by atoms with Crippen molar-refractivity contribution in [2.75, 3.05) is 53.8 Å². The Morgan fingerprint density at radius 3 is 2.38 bits per heavy atom. The molecule has 2 aromatic rings. The number of ether oxygens (including phenoxy) is 3. The van der Waals surface area contributed by atoms with Gasteiger partial charge in [-0.05, 0) is 39.2 Å². The summed E-state index contributed by atoms with van der Waals surface area (Å²) >= 11 is 0. The zero-order chi connectivity index (χ0) is 21.2. The molecule has 0 radical (unpaired) electrons. The lowest BCUT2D eigenvalue weighted by atomic mass is 10.0. The molecule has 0 amide bonds. The highest BCUT2D eigenvalue weighted by atomic mass is 16.5. The fourth-order valence-corrected chi connectivity index (χ4v) is 3.04. The van der Waals surface area contributed by atoms with E-state index in [1.54, 1.807) is 21.3 Å². The number of aliphatic imine (C=N–C) groups is 1. The molecule has 7 nitrogen and oxygen atoms in total. The minimum Gasteiger partial charge on any atom is -0.496 e. The van der Waals surface area contributed by atoms with Crippen LogP contribution in [0.1, 0.15) is 18.5 Å². The third kappa shape index (κ3) is 6.02. The van der Waals surface area contributed by atoms with Crippen LogP contribution in [0.5, 0.6) is 17.2 Å². The van der Waals surface area contributed by atoms with Crippen molar-refractivity contribution >= 4 is 11.6 Å². The van der Waals surface area contributed by atoms with Gasteiger partial charge in [0.25, 0.3) is 0 Å². The van der Waals surface area contributed by atoms with Gasteiger partial charge in [0.05, 0.1) is 26.9 Å². The van der Waals surface area contributed by atoms with Crippen LogP contribution in [0.2, 0.25) is 0 Å². The number of nitrogens with zero attached hydrogens (tertiary/aromatic N) is 2. The molecular formula is C22H32N4O3. The number of methoxy groups -OCH3 is 2. The lowest BCUT2D eigenvalue weighted by molar-refractivity contribution is 0.288. The topological polar surface area (TPSA) is 67.3 Å². The molecule has 2 rings (SSSR count). The predicted molar refractivity (Wildman–Crippen MR) is 119 cm³/mol. The summed E-state index contributed by atoms with van der Waals surface area (Å²) in [6.07, 6.45) is 0. The summed E-state index contributed by atoms with van der Waals surface area (Å²) in [6.45, 7) is 3.18. The summed E-state index contributed by atoms with van der Waals surface area (Å²) in [7, 11) is 9.16. The molecule has 0 aromatic heterocycles. The molecule has 2 N–H and O–H groups in total. The molecule has 1 atom stereocenters. The van der Waals surface area contributed by atoms with Crippen LogP contribution in [0.3, 0.4) is 0 Å². The lowest BCUT2D eigenvalue weighted by Crippen LogP contribution is -2.38. The Morgan fingerprint density at radius 1 is 1.03 bits per heavy atom. The summed E-state index contributed by atoms with van der Waals surface area (Å²) in [5, 5.41) is 6.70. The van der Waals surface area contributed by atoms with E-state index in [2.05, 4.69) is 26.6 Å². The smallest absolute Gasteiger partial charge is 0.195 e. The number of hydrogen-bond acceptors (Lipinski definition) is 5. The van der Waals surface area contributed by atoms with Crippen LogP contribution < -0.4 is 24.8 Å². The number of rotatable bonds is 9. The fourth-order valence-electron chi connectivity index (χ4n) is 3.04. The van der Waals surface area contributed by atoms with Gasteiger partial charge in [-0.15, -0.1) is 0 Å². The van der Waals surface area contributed by atoms with Crippen molar-refractivity contribution in [2.24, 2.45) is 4.99 Å². The van der Waals surface area contributed by atoms with E-state index in [9.17, 15) is 0 Å². The van der Waals surface area contributed by atoms with Crippen LogP contribution in [0.4, 0.5) is 5.69 Å². The Labute approximate surface area is 173 Å². The highest BCUT2D eigenvalue weighted by molar-refractivity contribution is 5.93. The minimum atomic E-state index is 0.111. The standard InChI is InChI=1S/C22H32N4O3/c1-7-29-20-13-12-16(14-21(20)28-6)25-22(23-2)24-15-18(26(3)4)17-10-8-9-11-19(17)27-5/h8-14,18H,7,15H2,1-6H3,(H2,23,24,25). The molecule has 0 saturated heterocycles. The van der Waals surface area contributed by atoms with E-state index in [0.29, 0.717) is 30.6 Å². The van der Waals surface area contributed by atoms with E-state index in [4.69, 9.17) is 14.2 Å². The first-order chi connectivity index (χ1) is 14.0. The number of para-hydroxylation sites is 1. The van der Waals surface area contributed by atoms with Gasteiger partial charge in [0.1, 0.15) is 5.75 Å². The van der Waals surface area contributed by atoms with Crippen molar-refractivity contribution in [3.63, 3.8) is 0 Å². The Balaban J connectivity index is 2.11. The van der Waals surface area contributed by atoms with E-state index < -0.39 is 0 Å². The van der Waals surface area contributed by atoms with Crippen molar-refractivity contribution in [1.29, 1.82) is 0 Å². The molecule has 1 unspecified atom stereocenters. The Hall–Kier alpha value is -2.93. The van der Waals surface area contributed by atoms with Crippen LogP contribution in [0.15, 0.2) is 47.5 Å². The van der Waals surface area contributed by atoms with E-state index in [-0.39, 0.29) is 6.04 Å². The normalized spacial score (nSPS) is 12.4. The Kier molecular flexibility index (Phi) is 8.61. The molecule has 0 aliphatic carbocycles. The zero-order valence-corrected chi connectivity index (χ0v) is 18.2. The van der Waals surface area contributed by atoms with Crippen LogP contribution in [0.25, 0.3) is 0 Å². The number of benzene rings is 2. The SMILES string of the molecule is CCOc1ccc(NC(=NC)NCC(c2ccccc2OC)N(C)C)cc1OC. The second-order valence-corrected chi connectivity index (χ2v) is 6.60. The second-order valence-electron chi connectivity index (χ2n) is 6.60. The molecule has 7 heteroatoms. The average Bonchev–Trinajstić information content (AvgIpc) is 2.74. The number of likely N-dealkylation sites (N-methyl/N-ethyl adjacent to an activating group) is 1. The van der Waals surface area contributed by atoms with Gasteiger partial charge in [-0.3, -0.25) is 4.99 Å². The Morgan fingerprint density at radius 2 is 1.76 bits per heavy atom. The first kappa shape index (κ1) is 22.4. The van der Waals surface area contributed by atoms with Gasteiger partial charge in [-0.25, -0.2) is 0 Å². The van der Waals surface area contributed by atoms with Crippen LogP contribution >= 0.6 is 0 Å². The molecule has 0 saturated carbocycles. The molecule has 0 spiro atoms. The summed E-state index contributed by atoms with van der Waals surface area (Å²) in [5.74, 6) is 2.92. The molecule has 0 aliphatic heterocycles. The van der Waals surface area contributed by atoms with Crippen molar-refractivity contribution in [3.8, 4) is 17.2 Å². The van der Waals surface area contributed by atoms with Gasteiger partial charge in [-0.1, -0.05) is 18.2 Å². The summed E-state index contributed by atoms with van der Waals surface area (Å²) in [4.78, 5) is 6.49. The van der Waals surface area contributed by atoms with Crippen molar-refractivity contribution in [3.05, 3.63) is 48.0 Å². The van der Waals surface area contributed by atoms with Gasteiger partial charge in [0.2, 0.25) is 0 Å². The summed E-state index contributed by atoms with van der Waals surface area (Å²) in [5.41, 5.74) is 1.97. The maximum atomic E-state index is 5.57. The lowest BCUT2D eigenvalue weighted by Gasteiger charge is -2.27. The van der Waals surface area contributed by atoms with Crippen LogP contribution in [-0.2, 0) is 0 Å². The van der Waals surface area contributed by atoms with E-state index >= 15 is 0 Å². The van der Waals surface area contributed by atoms with Crippen LogP contribution in [0, 0.1) is 0 Å². The first-order valence-electron chi connectivity index (χ1n) is 9.61. The molecule has 0 aliphatic rings. The highest BCUT2D eigenvalue weighted by Gasteiger charge is 2.18. The van der Waals surface area contributed by atoms with Gasteiger partial charge in [0.15, 0.2) is 17.5 Å². The van der Waals surface area contributed by atoms with E-state index in [1.165, 1.54) is 0 Å². The summed E-state index contributed by atoms with van der Waals surface area (Å²) < 4.78 is 16.5. The van der Waals surface area contributed by atoms with Gasteiger partial charge >= 0.3 is 0 Å². The molecule has 0 bridgehead atoms. The Bertz CT molecular complexity index is 808. The molecule has 29 heavy (non-hydrogen) atoms.